The van der Waals surface area contributed by atoms with Gasteiger partial charge in [0.25, 0.3) is 0 Å². The Morgan fingerprint density at radius 3 is 2.44 bits per heavy atom. The van der Waals surface area contributed by atoms with E-state index < -0.39 is 34.1 Å². The van der Waals surface area contributed by atoms with Gasteiger partial charge in [0, 0.05) is 12.6 Å². The minimum absolute atomic E-state index is 0.0187. The van der Waals surface area contributed by atoms with Crippen molar-refractivity contribution >= 4 is 21.6 Å². The van der Waals surface area contributed by atoms with E-state index in [0.717, 1.165) is 33.8 Å². The van der Waals surface area contributed by atoms with E-state index >= 15 is 0 Å². The van der Waals surface area contributed by atoms with Crippen molar-refractivity contribution in [3.05, 3.63) is 65.2 Å². The largest absolute Gasteiger partial charge is 0.322 e. The van der Waals surface area contributed by atoms with Crippen LogP contribution in [0.4, 0.5) is 14.5 Å². The predicted octanol–water partition coefficient (Wildman–Crippen LogP) is 2.67. The number of benzene rings is 2. The first-order chi connectivity index (χ1) is 11.7. The molecule has 1 amide bonds. The molecule has 0 heterocycles. The van der Waals surface area contributed by atoms with E-state index in [1.807, 2.05) is 19.1 Å². The Morgan fingerprint density at radius 1 is 1.16 bits per heavy atom. The predicted molar refractivity (Wildman–Crippen MR) is 91.4 cm³/mol. The van der Waals surface area contributed by atoms with Gasteiger partial charge in [0.2, 0.25) is 15.9 Å². The molecule has 0 aliphatic heterocycles. The number of hydrogen-bond acceptors (Lipinski definition) is 3. The van der Waals surface area contributed by atoms with Gasteiger partial charge in [0.15, 0.2) is 0 Å². The zero-order valence-corrected chi connectivity index (χ0v) is 14.6. The van der Waals surface area contributed by atoms with Gasteiger partial charge in [-0.15, -0.1) is 0 Å². The lowest BCUT2D eigenvalue weighted by Crippen LogP contribution is -2.37. The zero-order chi connectivity index (χ0) is 18.6. The molecule has 5 nitrogen and oxygen atoms in total. The number of carbonyl (C=O) groups is 1. The maximum Gasteiger partial charge on any atom is 0.239 e. The third-order valence-electron chi connectivity index (χ3n) is 3.60. The number of anilines is 1. The minimum Gasteiger partial charge on any atom is -0.322 e. The van der Waals surface area contributed by atoms with Gasteiger partial charge in [-0.1, -0.05) is 24.3 Å². The molecule has 0 atom stereocenters. The Labute approximate surface area is 145 Å². The van der Waals surface area contributed by atoms with Crippen molar-refractivity contribution < 1.29 is 22.0 Å². The van der Waals surface area contributed by atoms with Crippen LogP contribution in [-0.4, -0.2) is 31.4 Å². The smallest absolute Gasteiger partial charge is 0.239 e. The fourth-order valence-corrected chi connectivity index (χ4v) is 2.93. The third-order valence-corrected chi connectivity index (χ3v) is 4.80. The maximum atomic E-state index is 13.6. The van der Waals surface area contributed by atoms with Crippen LogP contribution in [0.5, 0.6) is 0 Å². The lowest BCUT2D eigenvalue weighted by molar-refractivity contribution is -0.116. The van der Waals surface area contributed by atoms with Gasteiger partial charge in [0.1, 0.15) is 11.6 Å². The van der Waals surface area contributed by atoms with Crippen LogP contribution in [0.25, 0.3) is 0 Å². The Hall–Kier alpha value is -2.32. The molecule has 2 aromatic rings. The van der Waals surface area contributed by atoms with Crippen LogP contribution < -0.4 is 5.32 Å². The van der Waals surface area contributed by atoms with Gasteiger partial charge < -0.3 is 5.32 Å². The number of nitrogens with one attached hydrogen (secondary N) is 1. The molecule has 0 bridgehead atoms. The fraction of sp³-hybridized carbons (Fsp3) is 0.235. The summed E-state index contributed by atoms with van der Waals surface area (Å²) in [5.41, 5.74) is 1.44. The van der Waals surface area contributed by atoms with Crippen LogP contribution >= 0.6 is 0 Å². The first-order valence-electron chi connectivity index (χ1n) is 7.41. The Bertz CT molecular complexity index is 885. The molecule has 0 spiro atoms. The summed E-state index contributed by atoms with van der Waals surface area (Å²) in [6, 6.07) is 9.92. The molecule has 2 aromatic carbocycles. The summed E-state index contributed by atoms with van der Waals surface area (Å²) < 4.78 is 51.4. The molecule has 0 aromatic heterocycles. The normalized spacial score (nSPS) is 11.6. The van der Waals surface area contributed by atoms with E-state index in [2.05, 4.69) is 5.32 Å². The molecule has 0 unspecified atom stereocenters. The minimum atomic E-state index is -3.67. The molecule has 2 rings (SSSR count). The number of hydrogen-bond donors (Lipinski definition) is 1. The molecular weight excluding hydrogens is 350 g/mol. The highest BCUT2D eigenvalue weighted by Gasteiger charge is 2.21. The molecule has 1 N–H and O–H groups in total. The van der Waals surface area contributed by atoms with Crippen molar-refractivity contribution in [2.24, 2.45) is 0 Å². The van der Waals surface area contributed by atoms with Crippen LogP contribution in [0.1, 0.15) is 11.1 Å². The topological polar surface area (TPSA) is 66.5 Å². The van der Waals surface area contributed by atoms with Gasteiger partial charge in [0.05, 0.1) is 18.5 Å². The quantitative estimate of drug-likeness (QED) is 0.853. The molecule has 8 heteroatoms. The highest BCUT2D eigenvalue weighted by molar-refractivity contribution is 7.88. The SMILES string of the molecule is Cc1ccccc1CN(CC(=O)Nc1ccc(F)cc1F)S(C)(=O)=O. The molecular formula is C17H18F2N2O3S. The number of rotatable bonds is 6. The summed E-state index contributed by atoms with van der Waals surface area (Å²) in [5, 5.41) is 2.25. The van der Waals surface area contributed by atoms with Crippen molar-refractivity contribution in [3.63, 3.8) is 0 Å². The Morgan fingerprint density at radius 2 is 1.84 bits per heavy atom. The molecule has 25 heavy (non-hydrogen) atoms. The second-order valence-electron chi connectivity index (χ2n) is 5.63. The Balaban J connectivity index is 2.14. The molecule has 0 radical (unpaired) electrons. The summed E-state index contributed by atoms with van der Waals surface area (Å²) in [5.74, 6) is -2.42. The molecule has 0 saturated carbocycles. The van der Waals surface area contributed by atoms with Crippen LogP contribution in [-0.2, 0) is 21.4 Å². The van der Waals surface area contributed by atoms with Crippen LogP contribution in [0.3, 0.4) is 0 Å². The van der Waals surface area contributed by atoms with E-state index in [9.17, 15) is 22.0 Å². The standard InChI is InChI=1S/C17H18F2N2O3S/c1-12-5-3-4-6-13(12)10-21(25(2,23)24)11-17(22)20-16-8-7-14(18)9-15(16)19/h3-9H,10-11H2,1-2H3,(H,20,22). The monoisotopic (exact) mass is 368 g/mol. The number of amides is 1. The van der Waals surface area contributed by atoms with Crippen molar-refractivity contribution in [2.45, 2.75) is 13.5 Å². The van der Waals surface area contributed by atoms with Crippen LogP contribution in [0.2, 0.25) is 0 Å². The second kappa shape index (κ2) is 7.71. The van der Waals surface area contributed by atoms with Crippen LogP contribution in [0.15, 0.2) is 42.5 Å². The molecule has 0 fully saturated rings. The molecule has 0 aliphatic carbocycles. The number of carbonyl (C=O) groups excluding carboxylic acids is 1. The van der Waals surface area contributed by atoms with E-state index in [4.69, 9.17) is 0 Å². The van der Waals surface area contributed by atoms with Gasteiger partial charge in [-0.25, -0.2) is 17.2 Å². The highest BCUT2D eigenvalue weighted by Crippen LogP contribution is 2.16. The average molecular weight is 368 g/mol. The molecule has 0 saturated heterocycles. The fourth-order valence-electron chi connectivity index (χ4n) is 2.21. The average Bonchev–Trinajstić information content (AvgIpc) is 2.50. The highest BCUT2D eigenvalue weighted by atomic mass is 32.2. The van der Waals surface area contributed by atoms with Crippen LogP contribution in [0, 0.1) is 18.6 Å². The van der Waals surface area contributed by atoms with E-state index in [1.165, 1.54) is 0 Å². The van der Waals surface area contributed by atoms with E-state index in [-0.39, 0.29) is 12.2 Å². The lowest BCUT2D eigenvalue weighted by atomic mass is 10.1. The summed E-state index contributed by atoms with van der Waals surface area (Å²) in [6.45, 7) is 1.37. The zero-order valence-electron chi connectivity index (χ0n) is 13.8. The summed E-state index contributed by atoms with van der Waals surface area (Å²) in [4.78, 5) is 12.1. The first-order valence-corrected chi connectivity index (χ1v) is 9.26. The van der Waals surface area contributed by atoms with Crippen molar-refractivity contribution in [1.29, 1.82) is 0 Å². The molecule has 134 valence electrons. The third kappa shape index (κ3) is 5.33. The summed E-state index contributed by atoms with van der Waals surface area (Å²) >= 11 is 0. The molecule has 0 aliphatic rings. The number of aryl methyl sites for hydroxylation is 1. The van der Waals surface area contributed by atoms with Gasteiger partial charge >= 0.3 is 0 Å². The maximum absolute atomic E-state index is 13.6. The number of halogens is 2. The lowest BCUT2D eigenvalue weighted by Gasteiger charge is -2.20. The van der Waals surface area contributed by atoms with E-state index in [1.54, 1.807) is 12.1 Å². The van der Waals surface area contributed by atoms with Gasteiger partial charge in [-0.3, -0.25) is 4.79 Å². The summed E-state index contributed by atoms with van der Waals surface area (Å²) in [6.07, 6.45) is 0.997. The van der Waals surface area contributed by atoms with Crippen molar-refractivity contribution in [1.82, 2.24) is 4.31 Å². The van der Waals surface area contributed by atoms with E-state index in [0.29, 0.717) is 6.07 Å². The van der Waals surface area contributed by atoms with Crippen molar-refractivity contribution in [2.75, 3.05) is 18.1 Å². The summed E-state index contributed by atoms with van der Waals surface area (Å²) in [7, 11) is -3.67. The van der Waals surface area contributed by atoms with Crippen molar-refractivity contribution in [3.8, 4) is 0 Å². The first kappa shape index (κ1) is 19.0. The number of sulfonamides is 1. The van der Waals surface area contributed by atoms with Gasteiger partial charge in [-0.2, -0.15) is 4.31 Å². The second-order valence-corrected chi connectivity index (χ2v) is 7.61. The Kier molecular flexibility index (Phi) is 5.86. The number of nitrogens with zero attached hydrogens (tertiary/aromatic N) is 1. The van der Waals surface area contributed by atoms with Gasteiger partial charge in [-0.05, 0) is 30.2 Å².